The summed E-state index contributed by atoms with van der Waals surface area (Å²) >= 11 is 0. The van der Waals surface area contributed by atoms with E-state index in [2.05, 4.69) is 10.1 Å². The minimum atomic E-state index is -0.337. The molecule has 4 aromatic rings. The van der Waals surface area contributed by atoms with Gasteiger partial charge in [0.15, 0.2) is 5.78 Å². The normalized spacial score (nSPS) is 10.9. The summed E-state index contributed by atoms with van der Waals surface area (Å²) in [5, 5.41) is 4.32. The van der Waals surface area contributed by atoms with Gasteiger partial charge in [-0.1, -0.05) is 48.5 Å². The van der Waals surface area contributed by atoms with Crippen molar-refractivity contribution in [2.75, 3.05) is 0 Å². The molecule has 0 aliphatic heterocycles. The molecule has 0 unspecified atom stereocenters. The molecule has 2 aromatic heterocycles. The summed E-state index contributed by atoms with van der Waals surface area (Å²) in [7, 11) is 0. The minimum Gasteiger partial charge on any atom is -0.291 e. The molecule has 0 amide bonds. The predicted molar refractivity (Wildman–Crippen MR) is 94.0 cm³/mol. The van der Waals surface area contributed by atoms with Gasteiger partial charge in [0.25, 0.3) is 5.56 Å². The lowest BCUT2D eigenvalue weighted by Crippen LogP contribution is -2.18. The first kappa shape index (κ1) is 15.0. The maximum atomic E-state index is 12.7. The number of hydrogen-bond acceptors (Lipinski definition) is 4. The quantitative estimate of drug-likeness (QED) is 0.542. The van der Waals surface area contributed by atoms with Crippen LogP contribution in [0.3, 0.4) is 0 Å². The van der Waals surface area contributed by atoms with E-state index in [1.165, 1.54) is 22.1 Å². The van der Waals surface area contributed by atoms with Gasteiger partial charge in [0.1, 0.15) is 0 Å². The van der Waals surface area contributed by atoms with Crippen LogP contribution in [0.25, 0.3) is 22.7 Å². The van der Waals surface area contributed by atoms with E-state index < -0.39 is 0 Å². The summed E-state index contributed by atoms with van der Waals surface area (Å²) < 4.78 is 2.77. The molecule has 2 aromatic carbocycles. The first-order chi connectivity index (χ1) is 12.1. The molecule has 0 fully saturated rings. The van der Waals surface area contributed by atoms with Crippen molar-refractivity contribution in [2.45, 2.75) is 6.92 Å². The second-order valence-corrected chi connectivity index (χ2v) is 5.61. The van der Waals surface area contributed by atoms with Crippen LogP contribution in [0.5, 0.6) is 0 Å². The third-order valence-corrected chi connectivity index (χ3v) is 3.88. The van der Waals surface area contributed by atoms with Gasteiger partial charge in [-0.15, -0.1) is 5.10 Å². The largest absolute Gasteiger partial charge is 0.291 e. The van der Waals surface area contributed by atoms with Crippen molar-refractivity contribution < 1.29 is 4.79 Å². The van der Waals surface area contributed by atoms with Gasteiger partial charge in [-0.25, -0.2) is 9.38 Å². The minimum absolute atomic E-state index is 0.0657. The summed E-state index contributed by atoms with van der Waals surface area (Å²) in [5.74, 6) is 0.0785. The monoisotopic (exact) mass is 330 g/mol. The van der Waals surface area contributed by atoms with Crippen molar-refractivity contribution in [1.29, 1.82) is 0 Å². The smallest absolute Gasteiger partial charge is 0.261 e. The number of carbonyl (C=O) groups excluding carboxylic acids is 1. The molecular weight excluding hydrogens is 316 g/mol. The van der Waals surface area contributed by atoms with Gasteiger partial charge in [-0.2, -0.15) is 4.68 Å². The van der Waals surface area contributed by atoms with Crippen LogP contribution < -0.4 is 5.56 Å². The molecule has 0 N–H and O–H groups in total. The lowest BCUT2D eigenvalue weighted by molar-refractivity contribution is 0.100. The number of aromatic nitrogens is 4. The molecule has 0 radical (unpaired) electrons. The van der Waals surface area contributed by atoms with Crippen LogP contribution in [-0.4, -0.2) is 24.9 Å². The second kappa shape index (κ2) is 5.83. The van der Waals surface area contributed by atoms with Crippen LogP contribution in [0.15, 0.2) is 71.5 Å². The number of ketones is 1. The Bertz CT molecular complexity index is 1130. The first-order valence-corrected chi connectivity index (χ1v) is 7.80. The van der Waals surface area contributed by atoms with Crippen LogP contribution in [-0.2, 0) is 0 Å². The van der Waals surface area contributed by atoms with E-state index in [1.54, 1.807) is 0 Å². The molecule has 0 bridgehead atoms. The van der Waals surface area contributed by atoms with Crippen LogP contribution in [0.1, 0.15) is 17.5 Å². The maximum Gasteiger partial charge on any atom is 0.261 e. The van der Waals surface area contributed by atoms with Crippen LogP contribution in [0.2, 0.25) is 0 Å². The molecule has 6 heteroatoms. The molecule has 0 aliphatic carbocycles. The van der Waals surface area contributed by atoms with Gasteiger partial charge in [0.2, 0.25) is 11.6 Å². The maximum absolute atomic E-state index is 12.7. The van der Waals surface area contributed by atoms with Crippen LogP contribution in [0, 0.1) is 0 Å². The number of rotatable bonds is 3. The lowest BCUT2D eigenvalue weighted by Gasteiger charge is -2.04. The zero-order valence-corrected chi connectivity index (χ0v) is 13.5. The second-order valence-electron chi connectivity index (χ2n) is 5.61. The highest BCUT2D eigenvalue weighted by Crippen LogP contribution is 2.18. The van der Waals surface area contributed by atoms with Crippen molar-refractivity contribution in [3.63, 3.8) is 0 Å². The highest BCUT2D eigenvalue weighted by molar-refractivity contribution is 5.91. The van der Waals surface area contributed by atoms with Gasteiger partial charge >= 0.3 is 0 Å². The average Bonchev–Trinajstić information content (AvgIpc) is 3.04. The molecule has 0 saturated carbocycles. The van der Waals surface area contributed by atoms with E-state index in [0.717, 1.165) is 11.3 Å². The molecule has 0 spiro atoms. The fraction of sp³-hybridized carbons (Fsp3) is 0.0526. The summed E-state index contributed by atoms with van der Waals surface area (Å²) in [5.41, 5.74) is 1.76. The van der Waals surface area contributed by atoms with Gasteiger partial charge in [0, 0.05) is 18.6 Å². The van der Waals surface area contributed by atoms with E-state index in [0.29, 0.717) is 11.5 Å². The number of benzene rings is 2. The average molecular weight is 330 g/mol. The molecule has 0 atom stereocenters. The Balaban J connectivity index is 2.07. The molecule has 0 saturated heterocycles. The zero-order chi connectivity index (χ0) is 17.4. The molecule has 6 nitrogen and oxygen atoms in total. The lowest BCUT2D eigenvalue weighted by atomic mass is 10.1. The van der Waals surface area contributed by atoms with Crippen molar-refractivity contribution in [3.05, 3.63) is 82.9 Å². The molecule has 4 rings (SSSR count). The molecule has 25 heavy (non-hydrogen) atoms. The summed E-state index contributed by atoms with van der Waals surface area (Å²) in [6.45, 7) is 1.38. The van der Waals surface area contributed by atoms with Gasteiger partial charge in [-0.3, -0.25) is 9.59 Å². The molecular formula is C19H14N4O2. The molecule has 122 valence electrons. The topological polar surface area (TPSA) is 69.3 Å². The Morgan fingerprint density at radius 3 is 2.24 bits per heavy atom. The third kappa shape index (κ3) is 2.53. The van der Waals surface area contributed by atoms with E-state index in [4.69, 9.17) is 0 Å². The van der Waals surface area contributed by atoms with Gasteiger partial charge in [0.05, 0.1) is 11.4 Å². The highest BCUT2D eigenvalue weighted by Gasteiger charge is 2.19. The summed E-state index contributed by atoms with van der Waals surface area (Å²) in [6.07, 6.45) is 0. The first-order valence-electron chi connectivity index (χ1n) is 7.80. The Kier molecular flexibility index (Phi) is 3.50. The van der Waals surface area contributed by atoms with E-state index in [1.807, 2.05) is 60.7 Å². The van der Waals surface area contributed by atoms with Crippen molar-refractivity contribution in [2.24, 2.45) is 0 Å². The number of nitrogens with zero attached hydrogens (tertiary/aromatic N) is 4. The van der Waals surface area contributed by atoms with Crippen molar-refractivity contribution in [3.8, 4) is 16.9 Å². The Hall–Kier alpha value is -3.54. The molecule has 2 heterocycles. The Labute approximate surface area is 143 Å². The van der Waals surface area contributed by atoms with Crippen LogP contribution >= 0.6 is 0 Å². The van der Waals surface area contributed by atoms with Crippen molar-refractivity contribution >= 4 is 11.6 Å². The molecule has 0 aliphatic rings. The highest BCUT2D eigenvalue weighted by atomic mass is 16.1. The number of hydrogen-bond donors (Lipinski definition) is 0. The Morgan fingerprint density at radius 1 is 0.960 bits per heavy atom. The standard InChI is InChI=1S/C19H14N4O2/c1-13(24)18-21-23(15-10-6-3-7-11-15)19-20-16(12-17(25)22(18)19)14-8-4-2-5-9-14/h2-12H,1H3. The van der Waals surface area contributed by atoms with Crippen molar-refractivity contribution in [1.82, 2.24) is 19.2 Å². The summed E-state index contributed by atoms with van der Waals surface area (Å²) in [6, 6.07) is 20.2. The fourth-order valence-electron chi connectivity index (χ4n) is 2.72. The number of Topliss-reactive ketones (excluding diaryl/α,β-unsaturated/α-hetero) is 1. The van der Waals surface area contributed by atoms with Crippen LogP contribution in [0.4, 0.5) is 0 Å². The zero-order valence-electron chi connectivity index (χ0n) is 13.5. The summed E-state index contributed by atoms with van der Waals surface area (Å²) in [4.78, 5) is 29.2. The third-order valence-electron chi connectivity index (χ3n) is 3.88. The van der Waals surface area contributed by atoms with E-state index >= 15 is 0 Å². The van der Waals surface area contributed by atoms with Gasteiger partial charge in [-0.05, 0) is 12.1 Å². The Morgan fingerprint density at radius 2 is 1.60 bits per heavy atom. The van der Waals surface area contributed by atoms with E-state index in [-0.39, 0.29) is 17.2 Å². The van der Waals surface area contributed by atoms with Gasteiger partial charge < -0.3 is 0 Å². The number of para-hydroxylation sites is 1. The number of fused-ring (bicyclic) bond motifs is 1. The fourth-order valence-corrected chi connectivity index (χ4v) is 2.72. The SMILES string of the molecule is CC(=O)c1nn(-c2ccccc2)c2nc(-c3ccccc3)cc(=O)n12. The predicted octanol–water partition coefficient (Wildman–Crippen LogP) is 2.75. The van der Waals surface area contributed by atoms with E-state index in [9.17, 15) is 9.59 Å². The number of carbonyl (C=O) groups is 1.